The lowest BCUT2D eigenvalue weighted by atomic mass is 9.90. The number of nitrogens with zero attached hydrogens (tertiary/aromatic N) is 1. The van der Waals surface area contributed by atoms with Crippen molar-refractivity contribution in [2.45, 2.75) is 69.2 Å². The summed E-state index contributed by atoms with van der Waals surface area (Å²) in [5.74, 6) is 0.311. The minimum atomic E-state index is -1.40. The van der Waals surface area contributed by atoms with Gasteiger partial charge in [-0.25, -0.2) is 13.8 Å². The SMILES string of the molecule is COC[C@H](C)NC1CCC(Nc2cc(-c3ccc(F)c(NCC4(F)CCOCC4)c3)c(Cl)cn2)CC1. The molecule has 3 N–H and O–H groups in total. The molecule has 9 heteroatoms. The summed E-state index contributed by atoms with van der Waals surface area (Å²) in [6.45, 7) is 3.65. The molecule has 2 aromatic rings. The molecule has 1 aliphatic carbocycles. The van der Waals surface area contributed by atoms with E-state index in [0.29, 0.717) is 55.8 Å². The van der Waals surface area contributed by atoms with Gasteiger partial charge in [-0.2, -0.15) is 0 Å². The highest BCUT2D eigenvalue weighted by Crippen LogP contribution is 2.33. The fourth-order valence-corrected chi connectivity index (χ4v) is 5.26. The molecule has 2 fully saturated rings. The monoisotopic (exact) mass is 522 g/mol. The Labute approximate surface area is 217 Å². The van der Waals surface area contributed by atoms with Crippen LogP contribution in [0.5, 0.6) is 0 Å². The minimum Gasteiger partial charge on any atom is -0.383 e. The molecule has 1 saturated heterocycles. The first-order valence-corrected chi connectivity index (χ1v) is 13.2. The van der Waals surface area contributed by atoms with E-state index < -0.39 is 11.5 Å². The molecule has 4 rings (SSSR count). The summed E-state index contributed by atoms with van der Waals surface area (Å²) in [6, 6.07) is 7.82. The van der Waals surface area contributed by atoms with E-state index in [4.69, 9.17) is 21.1 Å². The summed E-state index contributed by atoms with van der Waals surface area (Å²) in [7, 11) is 1.72. The molecule has 1 aromatic heterocycles. The van der Waals surface area contributed by atoms with Gasteiger partial charge >= 0.3 is 0 Å². The molecule has 2 aliphatic rings. The maximum absolute atomic E-state index is 15.0. The Bertz CT molecular complexity index is 998. The second kappa shape index (κ2) is 12.5. The number of aromatic nitrogens is 1. The number of ether oxygens (including phenoxy) is 2. The zero-order chi connectivity index (χ0) is 25.5. The molecule has 1 aromatic carbocycles. The van der Waals surface area contributed by atoms with Crippen molar-refractivity contribution >= 4 is 23.1 Å². The third kappa shape index (κ3) is 7.28. The lowest BCUT2D eigenvalue weighted by molar-refractivity contribution is -0.00117. The van der Waals surface area contributed by atoms with Gasteiger partial charge in [-0.3, -0.25) is 0 Å². The Balaban J connectivity index is 1.39. The number of benzene rings is 1. The molecular weight excluding hydrogens is 486 g/mol. The molecule has 0 spiro atoms. The molecule has 2 heterocycles. The van der Waals surface area contributed by atoms with Gasteiger partial charge in [0, 0.05) is 69.6 Å². The zero-order valence-corrected chi connectivity index (χ0v) is 21.8. The number of pyridine rings is 1. The predicted molar refractivity (Wildman–Crippen MR) is 141 cm³/mol. The Kier molecular flexibility index (Phi) is 9.39. The van der Waals surface area contributed by atoms with Gasteiger partial charge in [-0.05, 0) is 56.4 Å². The van der Waals surface area contributed by atoms with Crippen LogP contribution in [0, 0.1) is 5.82 Å². The molecule has 198 valence electrons. The molecule has 1 aliphatic heterocycles. The molecular formula is C27H37ClF2N4O2. The van der Waals surface area contributed by atoms with Crippen molar-refractivity contribution in [1.82, 2.24) is 10.3 Å². The van der Waals surface area contributed by atoms with Gasteiger partial charge in [-0.1, -0.05) is 17.7 Å². The highest BCUT2D eigenvalue weighted by Gasteiger charge is 2.32. The maximum Gasteiger partial charge on any atom is 0.146 e. The molecule has 0 unspecified atom stereocenters. The van der Waals surface area contributed by atoms with Crippen molar-refractivity contribution in [3.8, 4) is 11.1 Å². The number of rotatable bonds is 10. The van der Waals surface area contributed by atoms with Crippen molar-refractivity contribution in [2.24, 2.45) is 0 Å². The van der Waals surface area contributed by atoms with E-state index in [1.165, 1.54) is 6.07 Å². The normalized spacial score (nSPS) is 22.7. The van der Waals surface area contributed by atoms with Crippen LogP contribution in [-0.4, -0.2) is 62.3 Å². The van der Waals surface area contributed by atoms with Crippen LogP contribution in [0.25, 0.3) is 11.1 Å². The fraction of sp³-hybridized carbons (Fsp3) is 0.593. The van der Waals surface area contributed by atoms with Crippen LogP contribution in [0.1, 0.15) is 45.4 Å². The average molecular weight is 523 g/mol. The Morgan fingerprint density at radius 3 is 2.61 bits per heavy atom. The molecule has 6 nitrogen and oxygen atoms in total. The molecule has 0 radical (unpaired) electrons. The number of hydrogen-bond donors (Lipinski definition) is 3. The Morgan fingerprint density at radius 1 is 1.17 bits per heavy atom. The van der Waals surface area contributed by atoms with Gasteiger partial charge in [0.1, 0.15) is 17.3 Å². The molecule has 1 saturated carbocycles. The van der Waals surface area contributed by atoms with Crippen LogP contribution >= 0.6 is 11.6 Å². The third-order valence-corrected chi connectivity index (χ3v) is 7.43. The predicted octanol–water partition coefficient (Wildman–Crippen LogP) is 5.82. The molecule has 36 heavy (non-hydrogen) atoms. The lowest BCUT2D eigenvalue weighted by Gasteiger charge is -2.32. The first-order chi connectivity index (χ1) is 17.3. The van der Waals surface area contributed by atoms with Crippen LogP contribution in [0.15, 0.2) is 30.5 Å². The first-order valence-electron chi connectivity index (χ1n) is 12.8. The molecule has 0 bridgehead atoms. The summed E-state index contributed by atoms with van der Waals surface area (Å²) in [5, 5.41) is 10.6. The highest BCUT2D eigenvalue weighted by atomic mass is 35.5. The fourth-order valence-electron chi connectivity index (χ4n) is 5.05. The Hall–Kier alpha value is -2.00. The number of anilines is 2. The van der Waals surface area contributed by atoms with Crippen molar-refractivity contribution in [2.75, 3.05) is 44.1 Å². The van der Waals surface area contributed by atoms with E-state index in [9.17, 15) is 8.78 Å². The number of alkyl halides is 1. The van der Waals surface area contributed by atoms with E-state index in [0.717, 1.165) is 42.6 Å². The average Bonchev–Trinajstić information content (AvgIpc) is 2.87. The standard InChI is InChI=1S/C27H37ClF2N4O2/c1-18(16-35-2)33-20-4-6-21(7-5-20)34-26-14-22(23(28)15-31-26)19-3-8-24(29)25(13-19)32-17-27(30)9-11-36-12-10-27/h3,8,13-15,18,20-21,32-33H,4-7,9-12,16-17H2,1-2H3,(H,31,34)/t18-,20?,21?/m0/s1. The number of methoxy groups -OCH3 is 1. The van der Waals surface area contributed by atoms with E-state index >= 15 is 0 Å². The van der Waals surface area contributed by atoms with Crippen LogP contribution in [0.2, 0.25) is 5.02 Å². The highest BCUT2D eigenvalue weighted by molar-refractivity contribution is 6.33. The quantitative estimate of drug-likeness (QED) is 0.365. The molecule has 0 amide bonds. The summed E-state index contributed by atoms with van der Waals surface area (Å²) in [4.78, 5) is 4.47. The van der Waals surface area contributed by atoms with Crippen molar-refractivity contribution in [3.05, 3.63) is 41.3 Å². The summed E-state index contributed by atoms with van der Waals surface area (Å²) in [6.07, 6.45) is 6.47. The van der Waals surface area contributed by atoms with E-state index in [-0.39, 0.29) is 12.2 Å². The summed E-state index contributed by atoms with van der Waals surface area (Å²) >= 11 is 6.48. The number of halogens is 3. The molecule has 1 atom stereocenters. The zero-order valence-electron chi connectivity index (χ0n) is 21.1. The van der Waals surface area contributed by atoms with Gasteiger partial charge < -0.3 is 25.4 Å². The topological polar surface area (TPSA) is 67.4 Å². The van der Waals surface area contributed by atoms with Gasteiger partial charge in [-0.15, -0.1) is 0 Å². The second-order valence-electron chi connectivity index (χ2n) is 10.1. The van der Waals surface area contributed by atoms with Gasteiger partial charge in [0.25, 0.3) is 0 Å². The number of nitrogens with one attached hydrogen (secondary N) is 3. The van der Waals surface area contributed by atoms with Crippen molar-refractivity contribution in [3.63, 3.8) is 0 Å². The van der Waals surface area contributed by atoms with Crippen molar-refractivity contribution < 1.29 is 18.3 Å². The third-order valence-electron chi connectivity index (χ3n) is 7.13. The lowest BCUT2D eigenvalue weighted by Crippen LogP contribution is -2.42. The van der Waals surface area contributed by atoms with Crippen LogP contribution in [0.4, 0.5) is 20.3 Å². The van der Waals surface area contributed by atoms with Crippen molar-refractivity contribution in [1.29, 1.82) is 0 Å². The minimum absolute atomic E-state index is 0.0371. The summed E-state index contributed by atoms with van der Waals surface area (Å²) < 4.78 is 40.0. The second-order valence-corrected chi connectivity index (χ2v) is 10.5. The van der Waals surface area contributed by atoms with Crippen LogP contribution < -0.4 is 16.0 Å². The first kappa shape index (κ1) is 27.0. The largest absolute Gasteiger partial charge is 0.383 e. The van der Waals surface area contributed by atoms with Gasteiger partial charge in [0.15, 0.2) is 0 Å². The van der Waals surface area contributed by atoms with Gasteiger partial charge in [0.2, 0.25) is 0 Å². The smallest absolute Gasteiger partial charge is 0.146 e. The van der Waals surface area contributed by atoms with E-state index in [1.807, 2.05) is 6.07 Å². The summed E-state index contributed by atoms with van der Waals surface area (Å²) in [5.41, 5.74) is 0.353. The number of hydrogen-bond acceptors (Lipinski definition) is 6. The van der Waals surface area contributed by atoms with Crippen LogP contribution in [-0.2, 0) is 9.47 Å². The Morgan fingerprint density at radius 2 is 1.89 bits per heavy atom. The van der Waals surface area contributed by atoms with E-state index in [1.54, 1.807) is 25.4 Å². The maximum atomic E-state index is 15.0. The van der Waals surface area contributed by atoms with Gasteiger partial charge in [0.05, 0.1) is 17.3 Å². The van der Waals surface area contributed by atoms with Crippen LogP contribution in [0.3, 0.4) is 0 Å². The van der Waals surface area contributed by atoms with E-state index in [2.05, 4.69) is 27.9 Å².